The molecule has 0 radical (unpaired) electrons. The van der Waals surface area contributed by atoms with Crippen LogP contribution in [-0.4, -0.2) is 22.2 Å². The van der Waals surface area contributed by atoms with Gasteiger partial charge in [0.2, 0.25) is 0 Å². The van der Waals surface area contributed by atoms with Crippen molar-refractivity contribution >= 4 is 32.8 Å². The number of benzene rings is 1. The third-order valence-electron chi connectivity index (χ3n) is 2.77. The summed E-state index contributed by atoms with van der Waals surface area (Å²) in [5, 5.41) is 9.88. The summed E-state index contributed by atoms with van der Waals surface area (Å²) in [5.74, 6) is -0.443. The molecule has 0 unspecified atom stereocenters. The molecule has 1 N–H and O–H groups in total. The first kappa shape index (κ1) is 11.5. The van der Waals surface area contributed by atoms with Gasteiger partial charge in [0.05, 0.1) is 11.6 Å². The number of ether oxygens (including phenoxy) is 1. The average molecular weight is 308 g/mol. The van der Waals surface area contributed by atoms with E-state index in [9.17, 15) is 4.79 Å². The second kappa shape index (κ2) is 4.24. The molecule has 1 fully saturated rings. The summed E-state index contributed by atoms with van der Waals surface area (Å²) in [7, 11) is 0. The van der Waals surface area contributed by atoms with Gasteiger partial charge >= 0.3 is 5.97 Å². The van der Waals surface area contributed by atoms with Crippen LogP contribution >= 0.6 is 15.9 Å². The highest BCUT2D eigenvalue weighted by Gasteiger charge is 2.25. The fraction of sp³-hybridized carbons (Fsp3) is 0.231. The van der Waals surface area contributed by atoms with Gasteiger partial charge in [-0.1, -0.05) is 15.9 Å². The zero-order chi connectivity index (χ0) is 12.7. The van der Waals surface area contributed by atoms with Gasteiger partial charge in [-0.15, -0.1) is 0 Å². The van der Waals surface area contributed by atoms with Crippen molar-refractivity contribution in [3.8, 4) is 5.75 Å². The Kier molecular flexibility index (Phi) is 2.70. The zero-order valence-corrected chi connectivity index (χ0v) is 11.0. The molecule has 1 aliphatic rings. The number of hydrogen-bond acceptors (Lipinski definition) is 3. The number of carbonyl (C=O) groups is 1. The molecule has 0 saturated heterocycles. The van der Waals surface area contributed by atoms with Crippen LogP contribution < -0.4 is 4.74 Å². The van der Waals surface area contributed by atoms with Gasteiger partial charge in [-0.25, -0.2) is 9.78 Å². The van der Waals surface area contributed by atoms with Crippen LogP contribution in [0.5, 0.6) is 5.75 Å². The van der Waals surface area contributed by atoms with Crippen LogP contribution in [0.4, 0.5) is 0 Å². The molecule has 2 aromatic rings. The SMILES string of the molecule is O=C(O)c1cc(OC2CC2)c2cc(Br)ccc2n1. The van der Waals surface area contributed by atoms with Crippen LogP contribution in [0, 0.1) is 0 Å². The van der Waals surface area contributed by atoms with E-state index in [1.165, 1.54) is 6.07 Å². The Labute approximate surface area is 112 Å². The lowest BCUT2D eigenvalue weighted by Gasteiger charge is -2.09. The Morgan fingerprint density at radius 3 is 2.83 bits per heavy atom. The predicted molar refractivity (Wildman–Crippen MR) is 70.1 cm³/mol. The van der Waals surface area contributed by atoms with Gasteiger partial charge in [0.15, 0.2) is 5.69 Å². The highest BCUT2D eigenvalue weighted by atomic mass is 79.9. The summed E-state index contributed by atoms with van der Waals surface area (Å²) in [6, 6.07) is 7.01. The topological polar surface area (TPSA) is 59.4 Å². The smallest absolute Gasteiger partial charge is 0.354 e. The predicted octanol–water partition coefficient (Wildman–Crippen LogP) is 3.24. The maximum absolute atomic E-state index is 11.0. The maximum atomic E-state index is 11.0. The summed E-state index contributed by atoms with van der Waals surface area (Å²) in [5.41, 5.74) is 0.647. The van der Waals surface area contributed by atoms with Gasteiger partial charge in [0.1, 0.15) is 5.75 Å². The Balaban J connectivity index is 2.19. The van der Waals surface area contributed by atoms with Gasteiger partial charge in [0.25, 0.3) is 0 Å². The van der Waals surface area contributed by atoms with Crippen molar-refractivity contribution in [2.75, 3.05) is 0 Å². The van der Waals surface area contributed by atoms with E-state index in [1.54, 1.807) is 6.07 Å². The largest absolute Gasteiger partial charge is 0.490 e. The molecule has 1 saturated carbocycles. The first-order chi connectivity index (χ1) is 8.63. The Morgan fingerprint density at radius 1 is 1.39 bits per heavy atom. The molecule has 1 aliphatic carbocycles. The number of pyridine rings is 1. The van der Waals surface area contributed by atoms with Crippen LogP contribution in [0.1, 0.15) is 23.3 Å². The van der Waals surface area contributed by atoms with E-state index < -0.39 is 5.97 Å². The number of carboxylic acids is 1. The summed E-state index contributed by atoms with van der Waals surface area (Å²) >= 11 is 3.40. The van der Waals surface area contributed by atoms with Gasteiger partial charge in [-0.05, 0) is 31.0 Å². The summed E-state index contributed by atoms with van der Waals surface area (Å²) in [4.78, 5) is 15.1. The molecule has 1 aromatic carbocycles. The minimum Gasteiger partial charge on any atom is -0.490 e. The van der Waals surface area contributed by atoms with Crippen molar-refractivity contribution < 1.29 is 14.6 Å². The number of aromatic carboxylic acids is 1. The number of fused-ring (bicyclic) bond motifs is 1. The summed E-state index contributed by atoms with van der Waals surface area (Å²) in [6.07, 6.45) is 2.27. The molecule has 5 heteroatoms. The zero-order valence-electron chi connectivity index (χ0n) is 9.39. The molecule has 0 amide bonds. The fourth-order valence-corrected chi connectivity index (χ4v) is 2.10. The molecule has 4 nitrogen and oxygen atoms in total. The highest BCUT2D eigenvalue weighted by molar-refractivity contribution is 9.10. The average Bonchev–Trinajstić information content (AvgIpc) is 3.13. The normalized spacial score (nSPS) is 14.7. The second-order valence-electron chi connectivity index (χ2n) is 4.29. The third kappa shape index (κ3) is 2.18. The molecule has 1 heterocycles. The number of aromatic nitrogens is 1. The van der Waals surface area contributed by atoms with Crippen LogP contribution in [0.3, 0.4) is 0 Å². The van der Waals surface area contributed by atoms with Gasteiger partial charge < -0.3 is 9.84 Å². The van der Waals surface area contributed by atoms with Crippen LogP contribution in [0.25, 0.3) is 10.9 Å². The minimum atomic E-state index is -1.04. The highest BCUT2D eigenvalue weighted by Crippen LogP contribution is 2.33. The van der Waals surface area contributed by atoms with E-state index in [4.69, 9.17) is 9.84 Å². The summed E-state index contributed by atoms with van der Waals surface area (Å²) < 4.78 is 6.68. The van der Waals surface area contributed by atoms with Crippen molar-refractivity contribution in [3.05, 3.63) is 34.4 Å². The summed E-state index contributed by atoms with van der Waals surface area (Å²) in [6.45, 7) is 0. The van der Waals surface area contributed by atoms with Gasteiger partial charge in [-0.2, -0.15) is 0 Å². The van der Waals surface area contributed by atoms with Gasteiger partial charge in [0, 0.05) is 15.9 Å². The lowest BCUT2D eigenvalue weighted by molar-refractivity contribution is 0.0690. The molecule has 92 valence electrons. The molecule has 0 spiro atoms. The monoisotopic (exact) mass is 307 g/mol. The van der Waals surface area contributed by atoms with Crippen molar-refractivity contribution in [1.82, 2.24) is 4.98 Å². The Morgan fingerprint density at radius 2 is 2.17 bits per heavy atom. The fourth-order valence-electron chi connectivity index (χ4n) is 1.74. The van der Waals surface area contributed by atoms with Crippen molar-refractivity contribution in [2.24, 2.45) is 0 Å². The van der Waals surface area contributed by atoms with E-state index in [-0.39, 0.29) is 11.8 Å². The van der Waals surface area contributed by atoms with Crippen molar-refractivity contribution in [1.29, 1.82) is 0 Å². The van der Waals surface area contributed by atoms with E-state index >= 15 is 0 Å². The van der Waals surface area contributed by atoms with E-state index in [2.05, 4.69) is 20.9 Å². The van der Waals surface area contributed by atoms with Crippen LogP contribution in [-0.2, 0) is 0 Å². The number of hydrogen-bond donors (Lipinski definition) is 1. The minimum absolute atomic E-state index is 0.0143. The molecule has 0 aliphatic heterocycles. The van der Waals surface area contributed by atoms with Crippen molar-refractivity contribution in [3.63, 3.8) is 0 Å². The Bertz CT molecular complexity index is 637. The van der Waals surface area contributed by atoms with Crippen LogP contribution in [0.2, 0.25) is 0 Å². The molecule has 1 aromatic heterocycles. The van der Waals surface area contributed by atoms with Crippen LogP contribution in [0.15, 0.2) is 28.7 Å². The standard InChI is InChI=1S/C13H10BrNO3/c14-7-1-4-10-9(5-7)12(18-8-2-3-8)6-11(15-10)13(16)17/h1,4-6,8H,2-3H2,(H,16,17). The first-order valence-corrected chi connectivity index (χ1v) is 6.43. The number of halogens is 1. The quantitative estimate of drug-likeness (QED) is 0.945. The number of nitrogens with zero attached hydrogens (tertiary/aromatic N) is 1. The molecule has 0 bridgehead atoms. The molecular formula is C13H10BrNO3. The lowest BCUT2D eigenvalue weighted by Crippen LogP contribution is -2.04. The number of rotatable bonds is 3. The maximum Gasteiger partial charge on any atom is 0.354 e. The molecular weight excluding hydrogens is 298 g/mol. The Hall–Kier alpha value is -1.62. The molecule has 3 rings (SSSR count). The first-order valence-electron chi connectivity index (χ1n) is 5.64. The third-order valence-corrected chi connectivity index (χ3v) is 3.26. The van der Waals surface area contributed by atoms with E-state index in [1.807, 2.05) is 12.1 Å². The molecule has 0 atom stereocenters. The molecule has 18 heavy (non-hydrogen) atoms. The van der Waals surface area contributed by atoms with E-state index in [0.717, 1.165) is 22.7 Å². The van der Waals surface area contributed by atoms with E-state index in [0.29, 0.717) is 11.3 Å². The lowest BCUT2D eigenvalue weighted by atomic mass is 10.2. The number of carboxylic acid groups (broad SMARTS) is 1. The van der Waals surface area contributed by atoms with Gasteiger partial charge in [-0.3, -0.25) is 0 Å². The van der Waals surface area contributed by atoms with Crippen molar-refractivity contribution in [2.45, 2.75) is 18.9 Å². The second-order valence-corrected chi connectivity index (χ2v) is 5.21.